The molecule has 0 saturated heterocycles. The van der Waals surface area contributed by atoms with Gasteiger partial charge in [-0.25, -0.2) is 0 Å². The molecule has 2 nitrogen and oxygen atoms in total. The number of benzene rings is 1. The van der Waals surface area contributed by atoms with Gasteiger partial charge in [0, 0.05) is 12.1 Å². The maximum atomic E-state index is 3.76. The zero-order valence-corrected chi connectivity index (χ0v) is 14.6. The van der Waals surface area contributed by atoms with E-state index in [0.29, 0.717) is 12.1 Å². The van der Waals surface area contributed by atoms with E-state index in [0.717, 1.165) is 12.5 Å². The molecule has 2 atom stereocenters. The molecule has 0 heterocycles. The first kappa shape index (κ1) is 18.2. The minimum absolute atomic E-state index is 0.424. The van der Waals surface area contributed by atoms with Gasteiger partial charge in [-0.05, 0) is 50.9 Å². The van der Waals surface area contributed by atoms with Crippen LogP contribution in [0.5, 0.6) is 0 Å². The average Bonchev–Trinajstić information content (AvgIpc) is 2.50. The first-order valence-electron chi connectivity index (χ1n) is 8.58. The molecule has 1 aromatic carbocycles. The number of hydrogen-bond acceptors (Lipinski definition) is 2. The van der Waals surface area contributed by atoms with Crippen LogP contribution in [0.1, 0.15) is 58.6 Å². The van der Waals surface area contributed by atoms with Crippen molar-refractivity contribution in [2.24, 2.45) is 5.92 Å². The van der Waals surface area contributed by atoms with Crippen LogP contribution in [0.3, 0.4) is 0 Å². The van der Waals surface area contributed by atoms with Crippen molar-refractivity contribution in [3.63, 3.8) is 0 Å². The lowest BCUT2D eigenvalue weighted by Crippen LogP contribution is -2.43. The second-order valence-electron chi connectivity index (χ2n) is 6.48. The lowest BCUT2D eigenvalue weighted by atomic mass is 9.95. The number of nitrogens with one attached hydrogen (secondary N) is 1. The van der Waals surface area contributed by atoms with Crippen LogP contribution in [0.25, 0.3) is 0 Å². The van der Waals surface area contributed by atoms with E-state index in [4.69, 9.17) is 0 Å². The van der Waals surface area contributed by atoms with E-state index in [2.05, 4.69) is 75.3 Å². The number of rotatable bonds is 10. The standard InChI is InChI=1S/C19H34N2/c1-6-14-20-19(17-11-9-8-10-12-17)18(7-2)21(5)15-13-16(3)4/h8-12,16,18-20H,6-7,13-15H2,1-5H3. The number of nitrogens with zero attached hydrogens (tertiary/aromatic N) is 1. The number of hydrogen-bond donors (Lipinski definition) is 1. The molecule has 0 bridgehead atoms. The van der Waals surface area contributed by atoms with Gasteiger partial charge in [-0.3, -0.25) is 0 Å². The van der Waals surface area contributed by atoms with Crippen LogP contribution in [0.2, 0.25) is 0 Å². The summed E-state index contributed by atoms with van der Waals surface area (Å²) in [6.07, 6.45) is 3.61. The van der Waals surface area contributed by atoms with Gasteiger partial charge in [0.15, 0.2) is 0 Å². The van der Waals surface area contributed by atoms with Gasteiger partial charge >= 0.3 is 0 Å². The Labute approximate surface area is 131 Å². The fraction of sp³-hybridized carbons (Fsp3) is 0.684. The molecule has 0 aliphatic carbocycles. The van der Waals surface area contributed by atoms with E-state index < -0.39 is 0 Å². The van der Waals surface area contributed by atoms with Crippen molar-refractivity contribution < 1.29 is 0 Å². The van der Waals surface area contributed by atoms with Crippen LogP contribution in [-0.2, 0) is 0 Å². The Kier molecular flexibility index (Phi) is 8.63. The average molecular weight is 290 g/mol. The van der Waals surface area contributed by atoms with Gasteiger partial charge in [0.25, 0.3) is 0 Å². The van der Waals surface area contributed by atoms with Gasteiger partial charge in [-0.15, -0.1) is 0 Å². The molecule has 0 amide bonds. The van der Waals surface area contributed by atoms with E-state index >= 15 is 0 Å². The van der Waals surface area contributed by atoms with E-state index in [1.807, 2.05) is 0 Å². The summed E-state index contributed by atoms with van der Waals surface area (Å²) in [7, 11) is 2.28. The van der Waals surface area contributed by atoms with Gasteiger partial charge in [-0.2, -0.15) is 0 Å². The highest BCUT2D eigenvalue weighted by atomic mass is 15.2. The van der Waals surface area contributed by atoms with Crippen LogP contribution in [0.15, 0.2) is 30.3 Å². The van der Waals surface area contributed by atoms with Crippen molar-refractivity contribution in [2.75, 3.05) is 20.1 Å². The zero-order chi connectivity index (χ0) is 15.7. The molecule has 0 radical (unpaired) electrons. The normalized spacial score (nSPS) is 14.6. The quantitative estimate of drug-likeness (QED) is 0.683. The summed E-state index contributed by atoms with van der Waals surface area (Å²) in [5.41, 5.74) is 1.41. The fourth-order valence-electron chi connectivity index (χ4n) is 2.87. The van der Waals surface area contributed by atoms with E-state index in [9.17, 15) is 0 Å². The molecule has 0 spiro atoms. The van der Waals surface area contributed by atoms with Crippen LogP contribution in [0, 0.1) is 5.92 Å². The second-order valence-corrected chi connectivity index (χ2v) is 6.48. The Morgan fingerprint density at radius 3 is 2.29 bits per heavy atom. The second kappa shape index (κ2) is 9.97. The SMILES string of the molecule is CCCNC(c1ccccc1)C(CC)N(C)CCC(C)C. The van der Waals surface area contributed by atoms with Crippen molar-refractivity contribution in [2.45, 2.75) is 59.0 Å². The highest BCUT2D eigenvalue weighted by Gasteiger charge is 2.24. The Balaban J connectivity index is 2.82. The summed E-state index contributed by atoms with van der Waals surface area (Å²) >= 11 is 0. The van der Waals surface area contributed by atoms with E-state index in [-0.39, 0.29) is 0 Å². The molecular weight excluding hydrogens is 256 g/mol. The molecule has 0 aromatic heterocycles. The highest BCUT2D eigenvalue weighted by Crippen LogP contribution is 2.23. The van der Waals surface area contributed by atoms with Crippen molar-refractivity contribution in [3.05, 3.63) is 35.9 Å². The lowest BCUT2D eigenvalue weighted by Gasteiger charge is -2.35. The third-order valence-electron chi connectivity index (χ3n) is 4.20. The maximum absolute atomic E-state index is 3.76. The fourth-order valence-corrected chi connectivity index (χ4v) is 2.87. The zero-order valence-electron chi connectivity index (χ0n) is 14.6. The molecule has 0 aliphatic rings. The molecule has 120 valence electrons. The number of likely N-dealkylation sites (N-methyl/N-ethyl adjacent to an activating group) is 1. The minimum Gasteiger partial charge on any atom is -0.309 e. The summed E-state index contributed by atoms with van der Waals surface area (Å²) in [4.78, 5) is 2.54. The van der Waals surface area contributed by atoms with Gasteiger partial charge < -0.3 is 10.2 Å². The smallest absolute Gasteiger partial charge is 0.0477 e. The van der Waals surface area contributed by atoms with Gasteiger partial charge in [0.1, 0.15) is 0 Å². The predicted octanol–water partition coefficient (Wildman–Crippen LogP) is 4.48. The van der Waals surface area contributed by atoms with Gasteiger partial charge in [-0.1, -0.05) is 58.0 Å². The Morgan fingerprint density at radius 1 is 1.10 bits per heavy atom. The third-order valence-corrected chi connectivity index (χ3v) is 4.20. The first-order valence-corrected chi connectivity index (χ1v) is 8.58. The predicted molar refractivity (Wildman–Crippen MR) is 93.6 cm³/mol. The molecule has 2 heteroatoms. The van der Waals surface area contributed by atoms with Crippen molar-refractivity contribution in [3.8, 4) is 0 Å². The Morgan fingerprint density at radius 2 is 1.76 bits per heavy atom. The Bertz CT molecular complexity index is 361. The molecule has 1 aromatic rings. The van der Waals surface area contributed by atoms with Crippen molar-refractivity contribution in [1.29, 1.82) is 0 Å². The summed E-state index contributed by atoms with van der Waals surface area (Å²) in [6.45, 7) is 11.4. The highest BCUT2D eigenvalue weighted by molar-refractivity contribution is 5.20. The monoisotopic (exact) mass is 290 g/mol. The first-order chi connectivity index (χ1) is 10.1. The van der Waals surface area contributed by atoms with Gasteiger partial charge in [0.2, 0.25) is 0 Å². The molecular formula is C19H34N2. The van der Waals surface area contributed by atoms with Crippen molar-refractivity contribution in [1.82, 2.24) is 10.2 Å². The lowest BCUT2D eigenvalue weighted by molar-refractivity contribution is 0.178. The molecule has 0 saturated carbocycles. The summed E-state index contributed by atoms with van der Waals surface area (Å²) in [5, 5.41) is 3.76. The summed E-state index contributed by atoms with van der Waals surface area (Å²) in [6, 6.07) is 11.9. The molecule has 1 rings (SSSR count). The van der Waals surface area contributed by atoms with Gasteiger partial charge in [0.05, 0.1) is 0 Å². The molecule has 2 unspecified atom stereocenters. The maximum Gasteiger partial charge on any atom is 0.0477 e. The molecule has 1 N–H and O–H groups in total. The molecule has 0 aliphatic heterocycles. The minimum atomic E-state index is 0.424. The summed E-state index contributed by atoms with van der Waals surface area (Å²) < 4.78 is 0. The van der Waals surface area contributed by atoms with E-state index in [1.165, 1.54) is 31.4 Å². The van der Waals surface area contributed by atoms with Crippen LogP contribution in [0.4, 0.5) is 0 Å². The molecule has 21 heavy (non-hydrogen) atoms. The third kappa shape index (κ3) is 6.19. The topological polar surface area (TPSA) is 15.3 Å². The largest absolute Gasteiger partial charge is 0.309 e. The summed E-state index contributed by atoms with van der Waals surface area (Å²) in [5.74, 6) is 0.767. The van der Waals surface area contributed by atoms with Crippen LogP contribution < -0.4 is 5.32 Å². The van der Waals surface area contributed by atoms with E-state index in [1.54, 1.807) is 0 Å². The van der Waals surface area contributed by atoms with Crippen LogP contribution >= 0.6 is 0 Å². The van der Waals surface area contributed by atoms with Crippen molar-refractivity contribution >= 4 is 0 Å². The Hall–Kier alpha value is -0.860. The molecule has 0 fully saturated rings. The van der Waals surface area contributed by atoms with Crippen LogP contribution in [-0.4, -0.2) is 31.1 Å².